The second kappa shape index (κ2) is 3.23. The maximum atomic E-state index is 11.7. The fourth-order valence-corrected chi connectivity index (χ4v) is 2.48. The summed E-state index contributed by atoms with van der Waals surface area (Å²) in [6, 6.07) is 6.96. The highest BCUT2D eigenvalue weighted by molar-refractivity contribution is 7.90. The Kier molecular flexibility index (Phi) is 2.15. The quantitative estimate of drug-likeness (QED) is 0.820. The van der Waals surface area contributed by atoms with Crippen LogP contribution in [0, 0.1) is 0 Å². The molecule has 5 nitrogen and oxygen atoms in total. The Balaban J connectivity index is 2.87. The molecular formula is C9H11N3O2S. The molecule has 2 rings (SSSR count). The summed E-state index contributed by atoms with van der Waals surface area (Å²) in [4.78, 5) is 3.99. The highest BCUT2D eigenvalue weighted by Crippen LogP contribution is 2.19. The van der Waals surface area contributed by atoms with E-state index in [4.69, 9.17) is 5.73 Å². The maximum absolute atomic E-state index is 11.7. The van der Waals surface area contributed by atoms with E-state index in [9.17, 15) is 8.42 Å². The fourth-order valence-electron chi connectivity index (χ4n) is 1.44. The zero-order valence-corrected chi connectivity index (χ0v) is 9.03. The first kappa shape index (κ1) is 9.97. The summed E-state index contributed by atoms with van der Waals surface area (Å²) in [6.07, 6.45) is 0. The lowest BCUT2D eigenvalue weighted by molar-refractivity contribution is 0.591. The summed E-state index contributed by atoms with van der Waals surface area (Å²) in [7, 11) is -3.38. The zero-order chi connectivity index (χ0) is 11.1. The smallest absolute Gasteiger partial charge is 0.241 e. The number of benzene rings is 1. The number of para-hydroxylation sites is 2. The number of imidazole rings is 1. The average molecular weight is 225 g/mol. The Bertz CT molecular complexity index is 601. The molecule has 0 aliphatic heterocycles. The van der Waals surface area contributed by atoms with E-state index < -0.39 is 10.0 Å². The highest BCUT2D eigenvalue weighted by atomic mass is 32.2. The Hall–Kier alpha value is -1.56. The number of hydrogen-bond donors (Lipinski definition) is 1. The minimum atomic E-state index is -3.38. The molecule has 1 heterocycles. The Morgan fingerprint density at radius 3 is 2.73 bits per heavy atom. The summed E-state index contributed by atoms with van der Waals surface area (Å²) in [6.45, 7) is 1.57. The molecular weight excluding hydrogens is 214 g/mol. The molecule has 1 aromatic heterocycles. The van der Waals surface area contributed by atoms with E-state index in [1.54, 1.807) is 31.2 Å². The molecule has 15 heavy (non-hydrogen) atoms. The van der Waals surface area contributed by atoms with Crippen molar-refractivity contribution in [3.05, 3.63) is 24.3 Å². The van der Waals surface area contributed by atoms with Crippen LogP contribution < -0.4 is 5.73 Å². The van der Waals surface area contributed by atoms with Gasteiger partial charge in [-0.15, -0.1) is 0 Å². The first-order valence-electron chi connectivity index (χ1n) is 4.52. The predicted octanol–water partition coefficient (Wildman–Crippen LogP) is 0.816. The van der Waals surface area contributed by atoms with Gasteiger partial charge in [0.2, 0.25) is 16.0 Å². The van der Waals surface area contributed by atoms with Gasteiger partial charge in [-0.3, -0.25) is 0 Å². The van der Waals surface area contributed by atoms with Crippen LogP contribution in [0.25, 0.3) is 11.0 Å². The van der Waals surface area contributed by atoms with E-state index in [0.29, 0.717) is 11.0 Å². The summed E-state index contributed by atoms with van der Waals surface area (Å²) in [5.74, 6) is 0.00966. The number of nitrogens with zero attached hydrogens (tertiary/aromatic N) is 2. The number of nitrogen functional groups attached to an aromatic ring is 1. The van der Waals surface area contributed by atoms with E-state index in [0.717, 1.165) is 3.97 Å². The topological polar surface area (TPSA) is 78.0 Å². The number of nitrogens with two attached hydrogens (primary N) is 1. The number of rotatable bonds is 2. The molecule has 0 aliphatic rings. The first-order chi connectivity index (χ1) is 7.06. The van der Waals surface area contributed by atoms with Crippen LogP contribution in [0.2, 0.25) is 0 Å². The van der Waals surface area contributed by atoms with Crippen molar-refractivity contribution >= 4 is 27.0 Å². The molecule has 0 spiro atoms. The zero-order valence-electron chi connectivity index (χ0n) is 8.21. The molecule has 0 unspecified atom stereocenters. The standard InChI is InChI=1S/C9H11N3O2S/c1-2-15(13,14)12-8-6-4-3-5-7(8)11-9(12)10/h3-6H,2H2,1H3,(H2,10,11). The van der Waals surface area contributed by atoms with Crippen molar-refractivity contribution < 1.29 is 8.42 Å². The van der Waals surface area contributed by atoms with Gasteiger partial charge in [0.15, 0.2) is 0 Å². The van der Waals surface area contributed by atoms with Crippen LogP contribution in [0.5, 0.6) is 0 Å². The van der Waals surface area contributed by atoms with Crippen molar-refractivity contribution in [2.24, 2.45) is 0 Å². The van der Waals surface area contributed by atoms with Gasteiger partial charge in [0, 0.05) is 0 Å². The molecule has 0 radical (unpaired) electrons. The second-order valence-corrected chi connectivity index (χ2v) is 5.23. The van der Waals surface area contributed by atoms with Gasteiger partial charge in [-0.05, 0) is 19.1 Å². The molecule has 0 atom stereocenters. The van der Waals surface area contributed by atoms with Crippen molar-refractivity contribution in [1.82, 2.24) is 8.96 Å². The molecule has 0 fully saturated rings. The van der Waals surface area contributed by atoms with Crippen LogP contribution in [-0.2, 0) is 10.0 Å². The monoisotopic (exact) mass is 225 g/mol. The van der Waals surface area contributed by atoms with Crippen molar-refractivity contribution in [1.29, 1.82) is 0 Å². The van der Waals surface area contributed by atoms with Crippen LogP contribution in [0.1, 0.15) is 6.92 Å². The molecule has 0 saturated carbocycles. The molecule has 0 aliphatic carbocycles. The van der Waals surface area contributed by atoms with Gasteiger partial charge < -0.3 is 5.73 Å². The third-order valence-electron chi connectivity index (χ3n) is 2.19. The Morgan fingerprint density at radius 1 is 1.40 bits per heavy atom. The number of hydrogen-bond acceptors (Lipinski definition) is 4. The number of aromatic nitrogens is 2. The lowest BCUT2D eigenvalue weighted by Gasteiger charge is -2.04. The van der Waals surface area contributed by atoms with Crippen LogP contribution >= 0.6 is 0 Å². The second-order valence-electron chi connectivity index (χ2n) is 3.12. The predicted molar refractivity (Wildman–Crippen MR) is 59.0 cm³/mol. The van der Waals surface area contributed by atoms with Crippen molar-refractivity contribution in [2.75, 3.05) is 11.5 Å². The van der Waals surface area contributed by atoms with E-state index in [1.807, 2.05) is 0 Å². The largest absolute Gasteiger partial charge is 0.368 e. The molecule has 6 heteroatoms. The summed E-state index contributed by atoms with van der Waals surface area (Å²) in [5.41, 5.74) is 6.70. The van der Waals surface area contributed by atoms with Gasteiger partial charge in [-0.2, -0.15) is 0 Å². The number of anilines is 1. The van der Waals surface area contributed by atoms with Crippen molar-refractivity contribution in [3.8, 4) is 0 Å². The van der Waals surface area contributed by atoms with E-state index >= 15 is 0 Å². The van der Waals surface area contributed by atoms with Gasteiger partial charge >= 0.3 is 0 Å². The lowest BCUT2D eigenvalue weighted by atomic mass is 10.3. The third-order valence-corrected chi connectivity index (χ3v) is 3.86. The van der Waals surface area contributed by atoms with Gasteiger partial charge in [0.1, 0.15) is 0 Å². The highest BCUT2D eigenvalue weighted by Gasteiger charge is 2.17. The molecule has 2 aromatic rings. The van der Waals surface area contributed by atoms with E-state index in [1.165, 1.54) is 0 Å². The van der Waals surface area contributed by atoms with Crippen molar-refractivity contribution in [2.45, 2.75) is 6.92 Å². The van der Waals surface area contributed by atoms with Gasteiger partial charge in [-0.1, -0.05) is 12.1 Å². The minimum absolute atomic E-state index is 0.00243. The number of fused-ring (bicyclic) bond motifs is 1. The van der Waals surface area contributed by atoms with Crippen LogP contribution in [-0.4, -0.2) is 23.1 Å². The molecule has 80 valence electrons. The van der Waals surface area contributed by atoms with Gasteiger partial charge in [0.05, 0.1) is 16.8 Å². The molecule has 0 saturated heterocycles. The summed E-state index contributed by atoms with van der Waals surface area (Å²) < 4.78 is 24.6. The summed E-state index contributed by atoms with van der Waals surface area (Å²) >= 11 is 0. The normalized spacial score (nSPS) is 12.1. The van der Waals surface area contributed by atoms with E-state index in [2.05, 4.69) is 4.98 Å². The van der Waals surface area contributed by atoms with Crippen LogP contribution in [0.3, 0.4) is 0 Å². The molecule has 0 amide bonds. The molecule has 0 bridgehead atoms. The SMILES string of the molecule is CCS(=O)(=O)n1c(N)nc2ccccc21. The fraction of sp³-hybridized carbons (Fsp3) is 0.222. The van der Waals surface area contributed by atoms with Crippen LogP contribution in [0.4, 0.5) is 5.95 Å². The molecule has 1 aromatic carbocycles. The maximum Gasteiger partial charge on any atom is 0.241 e. The van der Waals surface area contributed by atoms with Gasteiger partial charge in [-0.25, -0.2) is 17.4 Å². The summed E-state index contributed by atoms with van der Waals surface area (Å²) in [5, 5.41) is 0. The lowest BCUT2D eigenvalue weighted by Crippen LogP contribution is -2.16. The Morgan fingerprint density at radius 2 is 2.07 bits per heavy atom. The Labute approximate surface area is 87.6 Å². The first-order valence-corrected chi connectivity index (χ1v) is 6.13. The van der Waals surface area contributed by atoms with E-state index in [-0.39, 0.29) is 11.7 Å². The average Bonchev–Trinajstić information content (AvgIpc) is 2.54. The third kappa shape index (κ3) is 1.46. The minimum Gasteiger partial charge on any atom is -0.368 e. The van der Waals surface area contributed by atoms with Crippen LogP contribution in [0.15, 0.2) is 24.3 Å². The van der Waals surface area contributed by atoms with Crippen molar-refractivity contribution in [3.63, 3.8) is 0 Å². The van der Waals surface area contributed by atoms with Gasteiger partial charge in [0.25, 0.3) is 0 Å². The molecule has 2 N–H and O–H groups in total.